The van der Waals surface area contributed by atoms with Crippen LogP contribution < -0.4 is 4.74 Å². The van der Waals surface area contributed by atoms with Crippen molar-refractivity contribution in [3.63, 3.8) is 0 Å². The first kappa shape index (κ1) is 16.4. The van der Waals surface area contributed by atoms with E-state index in [2.05, 4.69) is 5.16 Å². The average molecular weight is 348 g/mol. The minimum atomic E-state index is -0.113. The van der Waals surface area contributed by atoms with Gasteiger partial charge in [0, 0.05) is 18.2 Å². The van der Waals surface area contributed by atoms with Gasteiger partial charge in [-0.15, -0.1) is 0 Å². The smallest absolute Gasteiger partial charge is 0.292 e. The number of hydrogen-bond acceptors (Lipinski definition) is 4. The molecule has 5 heteroatoms. The van der Waals surface area contributed by atoms with Crippen molar-refractivity contribution in [2.45, 2.75) is 18.9 Å². The van der Waals surface area contributed by atoms with Crippen molar-refractivity contribution < 1.29 is 14.1 Å². The lowest BCUT2D eigenvalue weighted by Gasteiger charge is -2.24. The lowest BCUT2D eigenvalue weighted by atomic mass is 10.0. The Morgan fingerprint density at radius 1 is 1.15 bits per heavy atom. The molecule has 2 aromatic carbocycles. The van der Waals surface area contributed by atoms with E-state index in [4.69, 9.17) is 9.26 Å². The Hall–Kier alpha value is -3.08. The number of amides is 1. The molecule has 5 nitrogen and oxygen atoms in total. The summed E-state index contributed by atoms with van der Waals surface area (Å²) in [5, 5.41) is 4.06. The Bertz CT molecular complexity index is 887. The highest BCUT2D eigenvalue weighted by Gasteiger charge is 2.32. The summed E-state index contributed by atoms with van der Waals surface area (Å²) in [6.45, 7) is 0.719. The topological polar surface area (TPSA) is 55.6 Å². The summed E-state index contributed by atoms with van der Waals surface area (Å²) in [6.07, 6.45) is 1.92. The van der Waals surface area contributed by atoms with Crippen LogP contribution in [0, 0.1) is 0 Å². The summed E-state index contributed by atoms with van der Waals surface area (Å²) in [4.78, 5) is 14.8. The zero-order valence-corrected chi connectivity index (χ0v) is 14.6. The fourth-order valence-electron chi connectivity index (χ4n) is 3.44. The van der Waals surface area contributed by atoms with Crippen LogP contribution in [0.3, 0.4) is 0 Å². The maximum Gasteiger partial charge on any atom is 0.292 e. The molecule has 26 heavy (non-hydrogen) atoms. The SMILES string of the molecule is COc1ccc([C@@H]2CCCN2C(=O)c2cc(-c3ccccc3)no2)cc1. The zero-order chi connectivity index (χ0) is 17.9. The highest BCUT2D eigenvalue weighted by atomic mass is 16.5. The van der Waals surface area contributed by atoms with Crippen LogP contribution in [0.25, 0.3) is 11.3 Å². The first-order chi connectivity index (χ1) is 12.8. The van der Waals surface area contributed by atoms with Crippen LogP contribution in [0.15, 0.2) is 65.2 Å². The third-order valence-corrected chi connectivity index (χ3v) is 4.80. The number of rotatable bonds is 4. The van der Waals surface area contributed by atoms with Gasteiger partial charge in [0.1, 0.15) is 11.4 Å². The van der Waals surface area contributed by atoms with Crippen LogP contribution in [-0.4, -0.2) is 29.6 Å². The molecule has 1 aromatic heterocycles. The van der Waals surface area contributed by atoms with Crippen LogP contribution in [-0.2, 0) is 0 Å². The molecule has 1 aliphatic heterocycles. The van der Waals surface area contributed by atoms with Gasteiger partial charge >= 0.3 is 0 Å². The third-order valence-electron chi connectivity index (χ3n) is 4.80. The fraction of sp³-hybridized carbons (Fsp3) is 0.238. The second-order valence-electron chi connectivity index (χ2n) is 6.37. The summed E-state index contributed by atoms with van der Waals surface area (Å²) in [5.74, 6) is 0.981. The van der Waals surface area contributed by atoms with Crippen molar-refractivity contribution in [2.24, 2.45) is 0 Å². The Kier molecular flexibility index (Phi) is 4.44. The largest absolute Gasteiger partial charge is 0.497 e. The number of hydrogen-bond donors (Lipinski definition) is 0. The second-order valence-corrected chi connectivity index (χ2v) is 6.37. The molecule has 2 heterocycles. The number of ether oxygens (including phenoxy) is 1. The molecule has 4 rings (SSSR count). The van der Waals surface area contributed by atoms with E-state index in [9.17, 15) is 4.79 Å². The van der Waals surface area contributed by atoms with Crippen molar-refractivity contribution in [2.75, 3.05) is 13.7 Å². The summed E-state index contributed by atoms with van der Waals surface area (Å²) in [6, 6.07) is 19.4. The van der Waals surface area contributed by atoms with Gasteiger partial charge in [-0.25, -0.2) is 0 Å². The van der Waals surface area contributed by atoms with E-state index in [1.807, 2.05) is 59.5 Å². The Morgan fingerprint density at radius 2 is 1.92 bits per heavy atom. The lowest BCUT2D eigenvalue weighted by molar-refractivity contribution is 0.0693. The number of aromatic nitrogens is 1. The Balaban J connectivity index is 1.56. The normalized spacial score (nSPS) is 16.7. The molecule has 0 spiro atoms. The first-order valence-electron chi connectivity index (χ1n) is 8.73. The Morgan fingerprint density at radius 3 is 2.65 bits per heavy atom. The van der Waals surface area contributed by atoms with Gasteiger partial charge in [0.05, 0.1) is 13.2 Å². The van der Waals surface area contributed by atoms with Gasteiger partial charge in [0.2, 0.25) is 5.76 Å². The van der Waals surface area contributed by atoms with E-state index in [0.717, 1.165) is 36.3 Å². The number of carbonyl (C=O) groups excluding carboxylic acids is 1. The van der Waals surface area contributed by atoms with E-state index in [1.54, 1.807) is 13.2 Å². The van der Waals surface area contributed by atoms with Gasteiger partial charge in [0.25, 0.3) is 5.91 Å². The molecule has 132 valence electrons. The molecule has 0 unspecified atom stereocenters. The van der Waals surface area contributed by atoms with Gasteiger partial charge in [-0.1, -0.05) is 47.6 Å². The van der Waals surface area contributed by atoms with Crippen LogP contribution in [0.2, 0.25) is 0 Å². The lowest BCUT2D eigenvalue weighted by Crippen LogP contribution is -2.30. The maximum absolute atomic E-state index is 13.0. The molecule has 3 aromatic rings. The zero-order valence-electron chi connectivity index (χ0n) is 14.6. The highest BCUT2D eigenvalue weighted by molar-refractivity contribution is 5.93. The van der Waals surface area contributed by atoms with Crippen molar-refractivity contribution >= 4 is 5.91 Å². The second kappa shape index (κ2) is 7.04. The van der Waals surface area contributed by atoms with Crippen LogP contribution in [0.1, 0.15) is 35.0 Å². The molecule has 0 radical (unpaired) electrons. The van der Waals surface area contributed by atoms with E-state index < -0.39 is 0 Å². The van der Waals surface area contributed by atoms with Crippen LogP contribution >= 0.6 is 0 Å². The average Bonchev–Trinajstić information content (AvgIpc) is 3.38. The molecule has 0 bridgehead atoms. The monoisotopic (exact) mass is 348 g/mol. The summed E-state index contributed by atoms with van der Waals surface area (Å²) in [7, 11) is 1.65. The predicted octanol–water partition coefficient (Wildman–Crippen LogP) is 4.33. The van der Waals surface area contributed by atoms with Gasteiger partial charge in [-0.05, 0) is 30.5 Å². The van der Waals surface area contributed by atoms with Crippen LogP contribution in [0.5, 0.6) is 5.75 Å². The molecule has 1 aliphatic rings. The third kappa shape index (κ3) is 3.08. The van der Waals surface area contributed by atoms with Gasteiger partial charge in [-0.3, -0.25) is 4.79 Å². The molecular formula is C21H20N2O3. The van der Waals surface area contributed by atoms with E-state index >= 15 is 0 Å². The molecule has 0 saturated carbocycles. The summed E-state index contributed by atoms with van der Waals surface area (Å²) < 4.78 is 10.6. The summed E-state index contributed by atoms with van der Waals surface area (Å²) in [5.41, 5.74) is 2.72. The maximum atomic E-state index is 13.0. The summed E-state index contributed by atoms with van der Waals surface area (Å²) >= 11 is 0. The van der Waals surface area contributed by atoms with E-state index in [-0.39, 0.29) is 17.7 Å². The number of methoxy groups -OCH3 is 1. The van der Waals surface area contributed by atoms with Gasteiger partial charge < -0.3 is 14.2 Å². The fourth-order valence-corrected chi connectivity index (χ4v) is 3.44. The minimum absolute atomic E-state index is 0.0543. The van der Waals surface area contributed by atoms with E-state index in [0.29, 0.717) is 5.69 Å². The minimum Gasteiger partial charge on any atom is -0.497 e. The molecule has 1 amide bonds. The number of carbonyl (C=O) groups is 1. The van der Waals surface area contributed by atoms with Gasteiger partial charge in [0.15, 0.2) is 0 Å². The standard InChI is InChI=1S/C21H20N2O3/c1-25-17-11-9-16(10-12-17)19-8-5-13-23(19)21(24)20-14-18(22-26-20)15-6-3-2-4-7-15/h2-4,6-7,9-12,14,19H,5,8,13H2,1H3/t19-/m0/s1. The quantitative estimate of drug-likeness (QED) is 0.704. The van der Waals surface area contributed by atoms with Crippen molar-refractivity contribution in [1.29, 1.82) is 0 Å². The molecule has 0 aliphatic carbocycles. The molecule has 0 N–H and O–H groups in total. The Labute approximate surface area is 152 Å². The molecule has 1 saturated heterocycles. The van der Waals surface area contributed by atoms with E-state index in [1.165, 1.54) is 0 Å². The predicted molar refractivity (Wildman–Crippen MR) is 97.9 cm³/mol. The van der Waals surface area contributed by atoms with Crippen molar-refractivity contribution in [3.05, 3.63) is 72.0 Å². The van der Waals surface area contributed by atoms with Crippen molar-refractivity contribution in [3.8, 4) is 17.0 Å². The number of likely N-dealkylation sites (tertiary alicyclic amines) is 1. The molecule has 1 fully saturated rings. The first-order valence-corrected chi connectivity index (χ1v) is 8.73. The molecular weight excluding hydrogens is 328 g/mol. The number of benzene rings is 2. The molecule has 1 atom stereocenters. The number of nitrogens with zero attached hydrogens (tertiary/aromatic N) is 2. The van der Waals surface area contributed by atoms with Gasteiger partial charge in [-0.2, -0.15) is 0 Å². The van der Waals surface area contributed by atoms with Crippen LogP contribution in [0.4, 0.5) is 0 Å². The van der Waals surface area contributed by atoms with Crippen molar-refractivity contribution in [1.82, 2.24) is 10.1 Å². The highest BCUT2D eigenvalue weighted by Crippen LogP contribution is 2.34.